The Morgan fingerprint density at radius 3 is 2.44 bits per heavy atom. The van der Waals surface area contributed by atoms with Crippen LogP contribution in [0, 0.1) is 13.8 Å². The molecule has 34 heavy (non-hydrogen) atoms. The number of aryl methyl sites for hydroxylation is 1. The predicted octanol–water partition coefficient (Wildman–Crippen LogP) is 6.41. The van der Waals surface area contributed by atoms with Crippen LogP contribution in [-0.4, -0.2) is 30.1 Å². The van der Waals surface area contributed by atoms with E-state index in [0.717, 1.165) is 27.1 Å². The average Bonchev–Trinajstić information content (AvgIpc) is 3.11. The number of nitrogens with zero attached hydrogens (tertiary/aromatic N) is 1. The van der Waals surface area contributed by atoms with Crippen LogP contribution in [0.4, 0.5) is 5.00 Å². The number of thiophene rings is 1. The molecule has 4 rings (SSSR count). The van der Waals surface area contributed by atoms with Crippen LogP contribution < -0.4 is 10.1 Å². The number of amides is 1. The topological polar surface area (TPSA) is 77.5 Å². The Bertz CT molecular complexity index is 1360. The zero-order valence-corrected chi connectivity index (χ0v) is 20.4. The fourth-order valence-corrected chi connectivity index (χ4v) is 4.78. The Kier molecular flexibility index (Phi) is 6.93. The molecule has 4 aromatic rings. The maximum absolute atomic E-state index is 13.5. The van der Waals surface area contributed by atoms with E-state index in [2.05, 4.69) is 5.32 Å². The fourth-order valence-electron chi connectivity index (χ4n) is 3.73. The molecule has 0 spiro atoms. The summed E-state index contributed by atoms with van der Waals surface area (Å²) >= 11 is 1.37. The first-order valence-electron chi connectivity index (χ1n) is 11.1. The minimum atomic E-state index is -0.436. The molecule has 0 aliphatic carbocycles. The van der Waals surface area contributed by atoms with Gasteiger partial charge in [-0.25, -0.2) is 9.78 Å². The van der Waals surface area contributed by atoms with E-state index in [1.54, 1.807) is 13.0 Å². The summed E-state index contributed by atoms with van der Waals surface area (Å²) in [6, 6.07) is 16.9. The SMILES string of the molecule is CCOC(=O)c1c(NC(=O)c2cc(-c3ccc(OCC)cc3)nc3ccccc23)sc(C)c1C. The van der Waals surface area contributed by atoms with Gasteiger partial charge in [-0.2, -0.15) is 0 Å². The highest BCUT2D eigenvalue weighted by atomic mass is 32.1. The van der Waals surface area contributed by atoms with Crippen molar-refractivity contribution in [3.63, 3.8) is 0 Å². The predicted molar refractivity (Wildman–Crippen MR) is 136 cm³/mol. The largest absolute Gasteiger partial charge is 0.494 e. The first-order valence-corrected chi connectivity index (χ1v) is 12.0. The maximum Gasteiger partial charge on any atom is 0.341 e. The second-order valence-electron chi connectivity index (χ2n) is 7.69. The van der Waals surface area contributed by atoms with Crippen LogP contribution >= 0.6 is 11.3 Å². The summed E-state index contributed by atoms with van der Waals surface area (Å²) in [6.45, 7) is 8.34. The first-order chi connectivity index (χ1) is 16.4. The van der Waals surface area contributed by atoms with Gasteiger partial charge in [-0.1, -0.05) is 18.2 Å². The number of ether oxygens (including phenoxy) is 2. The van der Waals surface area contributed by atoms with E-state index in [0.29, 0.717) is 33.9 Å². The van der Waals surface area contributed by atoms with Crippen molar-refractivity contribution in [2.24, 2.45) is 0 Å². The van der Waals surface area contributed by atoms with Crippen LogP contribution in [0.1, 0.15) is 45.0 Å². The summed E-state index contributed by atoms with van der Waals surface area (Å²) in [5, 5.41) is 4.18. The molecule has 0 radical (unpaired) electrons. The van der Waals surface area contributed by atoms with Gasteiger partial charge in [0.25, 0.3) is 5.91 Å². The van der Waals surface area contributed by atoms with Crippen LogP contribution in [0.3, 0.4) is 0 Å². The van der Waals surface area contributed by atoms with Gasteiger partial charge in [0.15, 0.2) is 0 Å². The molecule has 0 unspecified atom stereocenters. The van der Waals surface area contributed by atoms with E-state index in [1.165, 1.54) is 11.3 Å². The van der Waals surface area contributed by atoms with Crippen molar-refractivity contribution in [2.45, 2.75) is 27.7 Å². The molecule has 7 heteroatoms. The van der Waals surface area contributed by atoms with Crippen molar-refractivity contribution in [3.05, 3.63) is 76.2 Å². The lowest BCUT2D eigenvalue weighted by atomic mass is 10.0. The highest BCUT2D eigenvalue weighted by molar-refractivity contribution is 7.16. The summed E-state index contributed by atoms with van der Waals surface area (Å²) in [4.78, 5) is 31.8. The van der Waals surface area contributed by atoms with E-state index in [9.17, 15) is 9.59 Å². The second kappa shape index (κ2) is 10.1. The molecule has 0 aliphatic rings. The summed E-state index contributed by atoms with van der Waals surface area (Å²) in [6.07, 6.45) is 0. The quantitative estimate of drug-likeness (QED) is 0.313. The minimum Gasteiger partial charge on any atom is -0.494 e. The lowest BCUT2D eigenvalue weighted by molar-refractivity contribution is 0.0527. The smallest absolute Gasteiger partial charge is 0.341 e. The lowest BCUT2D eigenvalue weighted by Crippen LogP contribution is -2.15. The van der Waals surface area contributed by atoms with E-state index < -0.39 is 5.97 Å². The molecular weight excluding hydrogens is 448 g/mol. The Morgan fingerprint density at radius 2 is 1.74 bits per heavy atom. The zero-order chi connectivity index (χ0) is 24.2. The number of fused-ring (bicyclic) bond motifs is 1. The summed E-state index contributed by atoms with van der Waals surface area (Å²) in [5.74, 6) is 0.0341. The second-order valence-corrected chi connectivity index (χ2v) is 8.92. The van der Waals surface area contributed by atoms with E-state index in [-0.39, 0.29) is 12.5 Å². The molecule has 2 aromatic heterocycles. The van der Waals surface area contributed by atoms with Crippen LogP contribution in [-0.2, 0) is 4.74 Å². The van der Waals surface area contributed by atoms with Crippen molar-refractivity contribution in [3.8, 4) is 17.0 Å². The van der Waals surface area contributed by atoms with Gasteiger partial charge in [0.2, 0.25) is 0 Å². The third-order valence-corrected chi connectivity index (χ3v) is 6.64. The number of benzene rings is 2. The van der Waals surface area contributed by atoms with Crippen molar-refractivity contribution in [1.29, 1.82) is 0 Å². The maximum atomic E-state index is 13.5. The molecule has 2 heterocycles. The number of pyridine rings is 1. The highest BCUT2D eigenvalue weighted by Gasteiger charge is 2.23. The van der Waals surface area contributed by atoms with Crippen LogP contribution in [0.2, 0.25) is 0 Å². The summed E-state index contributed by atoms with van der Waals surface area (Å²) in [5.41, 5.74) is 3.96. The molecule has 1 N–H and O–H groups in total. The number of hydrogen-bond acceptors (Lipinski definition) is 6. The fraction of sp³-hybridized carbons (Fsp3) is 0.222. The lowest BCUT2D eigenvalue weighted by Gasteiger charge is -2.11. The highest BCUT2D eigenvalue weighted by Crippen LogP contribution is 2.34. The van der Waals surface area contributed by atoms with Gasteiger partial charge >= 0.3 is 5.97 Å². The Balaban J connectivity index is 1.75. The standard InChI is InChI=1S/C27H26N2O4S/c1-5-32-19-13-11-18(12-14-19)23-15-21(20-9-7-8-10-22(20)28-23)25(30)29-26-24(27(31)33-6-2)16(3)17(4)34-26/h7-15H,5-6H2,1-4H3,(H,29,30). The molecular formula is C27H26N2O4S. The van der Waals surface area contributed by atoms with Gasteiger partial charge in [-0.15, -0.1) is 11.3 Å². The molecule has 174 valence electrons. The molecule has 6 nitrogen and oxygen atoms in total. The van der Waals surface area contributed by atoms with E-state index >= 15 is 0 Å². The normalized spacial score (nSPS) is 10.8. The summed E-state index contributed by atoms with van der Waals surface area (Å²) in [7, 11) is 0. The Labute approximate surface area is 202 Å². The van der Waals surface area contributed by atoms with Gasteiger partial charge in [-0.3, -0.25) is 4.79 Å². The van der Waals surface area contributed by atoms with Gasteiger partial charge in [-0.05, 0) is 69.7 Å². The third kappa shape index (κ3) is 4.65. The van der Waals surface area contributed by atoms with E-state index in [1.807, 2.05) is 69.3 Å². The van der Waals surface area contributed by atoms with E-state index in [4.69, 9.17) is 14.5 Å². The van der Waals surface area contributed by atoms with Crippen LogP contribution in [0.25, 0.3) is 22.2 Å². The molecule has 0 saturated carbocycles. The number of hydrogen-bond donors (Lipinski definition) is 1. The Morgan fingerprint density at radius 1 is 1.00 bits per heavy atom. The molecule has 1 amide bonds. The molecule has 0 fully saturated rings. The van der Waals surface area contributed by atoms with Crippen molar-refractivity contribution in [2.75, 3.05) is 18.5 Å². The molecule has 2 aromatic carbocycles. The molecule has 0 aliphatic heterocycles. The van der Waals surface area contributed by atoms with Crippen molar-refractivity contribution >= 4 is 39.1 Å². The number of nitrogens with one attached hydrogen (secondary N) is 1. The first kappa shape index (κ1) is 23.4. The minimum absolute atomic E-state index is 0.265. The van der Waals surface area contributed by atoms with Crippen LogP contribution in [0.5, 0.6) is 5.75 Å². The van der Waals surface area contributed by atoms with Gasteiger partial charge in [0, 0.05) is 15.8 Å². The number of carbonyl (C=O) groups is 2. The number of carbonyl (C=O) groups excluding carboxylic acids is 2. The van der Waals surface area contributed by atoms with Gasteiger partial charge in [0.1, 0.15) is 10.8 Å². The number of aromatic nitrogens is 1. The Hall–Kier alpha value is -3.71. The van der Waals surface area contributed by atoms with Gasteiger partial charge < -0.3 is 14.8 Å². The molecule has 0 atom stereocenters. The monoisotopic (exact) mass is 474 g/mol. The molecule has 0 bridgehead atoms. The number of esters is 1. The van der Waals surface area contributed by atoms with Crippen molar-refractivity contribution < 1.29 is 19.1 Å². The average molecular weight is 475 g/mol. The molecule has 0 saturated heterocycles. The zero-order valence-electron chi connectivity index (χ0n) is 19.6. The third-order valence-electron chi connectivity index (χ3n) is 5.51. The van der Waals surface area contributed by atoms with Crippen molar-refractivity contribution in [1.82, 2.24) is 4.98 Å². The summed E-state index contributed by atoms with van der Waals surface area (Å²) < 4.78 is 10.8. The van der Waals surface area contributed by atoms with Crippen LogP contribution in [0.15, 0.2) is 54.6 Å². The van der Waals surface area contributed by atoms with Gasteiger partial charge in [0.05, 0.1) is 35.6 Å². The number of para-hydroxylation sites is 1. The number of rotatable bonds is 7. The number of anilines is 1.